The van der Waals surface area contributed by atoms with Crippen molar-refractivity contribution in [3.05, 3.63) is 30.2 Å². The molecule has 2 aromatic rings. The van der Waals surface area contributed by atoms with Crippen LogP contribution in [0.1, 0.15) is 10.4 Å². The Morgan fingerprint density at radius 1 is 1.22 bits per heavy atom. The molecule has 1 aliphatic heterocycles. The lowest BCUT2D eigenvalue weighted by atomic mass is 10.2. The van der Waals surface area contributed by atoms with Gasteiger partial charge >= 0.3 is 0 Å². The molecule has 1 amide bonds. The van der Waals surface area contributed by atoms with Gasteiger partial charge in [0.2, 0.25) is 5.95 Å². The first-order valence-electron chi connectivity index (χ1n) is 7.58. The summed E-state index contributed by atoms with van der Waals surface area (Å²) in [5, 5.41) is 4.06. The average Bonchev–Trinajstić information content (AvgIpc) is 3.01. The maximum Gasteiger partial charge on any atom is 0.257 e. The highest BCUT2D eigenvalue weighted by Gasteiger charge is 2.24. The van der Waals surface area contributed by atoms with Crippen LogP contribution in [0.3, 0.4) is 0 Å². The zero-order valence-electron chi connectivity index (χ0n) is 13.7. The predicted molar refractivity (Wildman–Crippen MR) is 87.7 cm³/mol. The van der Waals surface area contributed by atoms with E-state index >= 15 is 0 Å². The van der Waals surface area contributed by atoms with Crippen molar-refractivity contribution in [3.8, 4) is 0 Å². The predicted octanol–water partition coefficient (Wildman–Crippen LogP) is 0.239. The van der Waals surface area contributed by atoms with E-state index < -0.39 is 0 Å². The second-order valence-electron chi connectivity index (χ2n) is 5.79. The van der Waals surface area contributed by atoms with Crippen LogP contribution in [0.15, 0.2) is 24.7 Å². The van der Waals surface area contributed by atoms with Crippen LogP contribution in [0.4, 0.5) is 11.8 Å². The van der Waals surface area contributed by atoms with Gasteiger partial charge in [0.1, 0.15) is 5.82 Å². The van der Waals surface area contributed by atoms with E-state index in [2.05, 4.69) is 20.0 Å². The van der Waals surface area contributed by atoms with E-state index in [1.54, 1.807) is 23.3 Å². The molecule has 1 saturated heterocycles. The molecule has 0 aromatic carbocycles. The number of amides is 1. The maximum atomic E-state index is 12.4. The van der Waals surface area contributed by atoms with Gasteiger partial charge in [-0.25, -0.2) is 4.98 Å². The van der Waals surface area contributed by atoms with Gasteiger partial charge in [-0.3, -0.25) is 9.48 Å². The Hall–Kier alpha value is -2.64. The number of hydrogen-bond donors (Lipinski definition) is 0. The van der Waals surface area contributed by atoms with E-state index in [-0.39, 0.29) is 5.91 Å². The summed E-state index contributed by atoms with van der Waals surface area (Å²) < 4.78 is 1.64. The summed E-state index contributed by atoms with van der Waals surface area (Å²) in [7, 11) is 5.72. The quantitative estimate of drug-likeness (QED) is 0.808. The number of hydrogen-bond acceptors (Lipinski definition) is 6. The highest BCUT2D eigenvalue weighted by molar-refractivity contribution is 5.93. The van der Waals surface area contributed by atoms with Gasteiger partial charge < -0.3 is 14.7 Å². The lowest BCUT2D eigenvalue weighted by Crippen LogP contribution is -2.49. The fraction of sp³-hybridized carbons (Fsp3) is 0.467. The molecule has 0 saturated carbocycles. The highest BCUT2D eigenvalue weighted by atomic mass is 16.2. The first-order chi connectivity index (χ1) is 11.0. The van der Waals surface area contributed by atoms with Crippen molar-refractivity contribution in [2.45, 2.75) is 0 Å². The Morgan fingerprint density at radius 3 is 2.57 bits per heavy atom. The van der Waals surface area contributed by atoms with Crippen molar-refractivity contribution in [1.29, 1.82) is 0 Å². The summed E-state index contributed by atoms with van der Waals surface area (Å²) in [4.78, 5) is 27.2. The zero-order valence-corrected chi connectivity index (χ0v) is 13.7. The van der Waals surface area contributed by atoms with E-state index in [1.165, 1.54) is 0 Å². The first-order valence-corrected chi connectivity index (χ1v) is 7.58. The minimum atomic E-state index is 0.0284. The van der Waals surface area contributed by atoms with Gasteiger partial charge in [0.25, 0.3) is 5.91 Å². The van der Waals surface area contributed by atoms with Crippen LogP contribution in [-0.4, -0.2) is 70.8 Å². The normalized spacial score (nSPS) is 14.9. The standard InChI is InChI=1S/C15H21N7O/c1-19(2)13-4-5-16-15(18-13)22-8-6-21(7-9-22)14(23)12-10-17-20(3)11-12/h4-5,10-11H,6-9H2,1-3H3. The van der Waals surface area contributed by atoms with E-state index in [1.807, 2.05) is 37.0 Å². The largest absolute Gasteiger partial charge is 0.363 e. The monoisotopic (exact) mass is 315 g/mol. The fourth-order valence-corrected chi connectivity index (χ4v) is 2.56. The topological polar surface area (TPSA) is 70.4 Å². The number of nitrogens with zero attached hydrogens (tertiary/aromatic N) is 7. The van der Waals surface area contributed by atoms with Gasteiger partial charge in [-0.05, 0) is 6.07 Å². The SMILES string of the molecule is CN(C)c1ccnc(N2CCN(C(=O)c3cnn(C)c3)CC2)n1. The molecule has 0 bridgehead atoms. The van der Waals surface area contributed by atoms with Crippen LogP contribution in [0.2, 0.25) is 0 Å². The fourth-order valence-electron chi connectivity index (χ4n) is 2.56. The van der Waals surface area contributed by atoms with Crippen molar-refractivity contribution in [2.75, 3.05) is 50.1 Å². The second-order valence-corrected chi connectivity index (χ2v) is 5.79. The molecule has 3 rings (SSSR count). The van der Waals surface area contributed by atoms with Gasteiger partial charge in [-0.1, -0.05) is 0 Å². The molecule has 0 spiro atoms. The number of aromatic nitrogens is 4. The second kappa shape index (κ2) is 6.23. The van der Waals surface area contributed by atoms with Crippen LogP contribution in [0, 0.1) is 0 Å². The van der Waals surface area contributed by atoms with Crippen molar-refractivity contribution < 1.29 is 4.79 Å². The van der Waals surface area contributed by atoms with Gasteiger partial charge in [0.05, 0.1) is 11.8 Å². The summed E-state index contributed by atoms with van der Waals surface area (Å²) in [5.41, 5.74) is 0.631. The number of aryl methyl sites for hydroxylation is 1. The lowest BCUT2D eigenvalue weighted by molar-refractivity contribution is 0.0746. The molecular weight excluding hydrogens is 294 g/mol. The molecule has 0 atom stereocenters. The third-order valence-corrected chi connectivity index (χ3v) is 3.89. The van der Waals surface area contributed by atoms with E-state index in [4.69, 9.17) is 0 Å². The van der Waals surface area contributed by atoms with Gasteiger partial charge in [0, 0.05) is 59.7 Å². The molecular formula is C15H21N7O. The Morgan fingerprint density at radius 2 is 1.96 bits per heavy atom. The third-order valence-electron chi connectivity index (χ3n) is 3.89. The summed E-state index contributed by atoms with van der Waals surface area (Å²) >= 11 is 0. The molecule has 23 heavy (non-hydrogen) atoms. The summed E-state index contributed by atoms with van der Waals surface area (Å²) in [5.74, 6) is 1.62. The zero-order chi connectivity index (χ0) is 16.4. The van der Waals surface area contributed by atoms with Crippen molar-refractivity contribution in [2.24, 2.45) is 7.05 Å². The summed E-state index contributed by atoms with van der Waals surface area (Å²) in [6, 6.07) is 1.88. The minimum Gasteiger partial charge on any atom is -0.363 e. The van der Waals surface area contributed by atoms with Gasteiger partial charge in [-0.15, -0.1) is 0 Å². The van der Waals surface area contributed by atoms with E-state index in [0.717, 1.165) is 18.9 Å². The van der Waals surface area contributed by atoms with Crippen molar-refractivity contribution in [3.63, 3.8) is 0 Å². The lowest BCUT2D eigenvalue weighted by Gasteiger charge is -2.34. The molecule has 8 nitrogen and oxygen atoms in total. The summed E-state index contributed by atoms with van der Waals surface area (Å²) in [6.07, 6.45) is 5.13. The van der Waals surface area contributed by atoms with Gasteiger partial charge in [-0.2, -0.15) is 10.1 Å². The first kappa shape index (κ1) is 15.3. The number of carbonyl (C=O) groups excluding carboxylic acids is 1. The molecule has 1 fully saturated rings. The Bertz CT molecular complexity index is 689. The molecule has 8 heteroatoms. The molecule has 2 aromatic heterocycles. The average molecular weight is 315 g/mol. The number of piperazine rings is 1. The third kappa shape index (κ3) is 3.25. The Balaban J connectivity index is 1.64. The van der Waals surface area contributed by atoms with Crippen LogP contribution in [0.5, 0.6) is 0 Å². The van der Waals surface area contributed by atoms with Crippen molar-refractivity contribution >= 4 is 17.7 Å². The smallest absolute Gasteiger partial charge is 0.257 e. The number of carbonyl (C=O) groups is 1. The number of anilines is 2. The van der Waals surface area contributed by atoms with Gasteiger partial charge in [0.15, 0.2) is 0 Å². The van der Waals surface area contributed by atoms with E-state index in [9.17, 15) is 4.79 Å². The maximum absolute atomic E-state index is 12.4. The Kier molecular flexibility index (Phi) is 4.14. The van der Waals surface area contributed by atoms with Crippen LogP contribution >= 0.6 is 0 Å². The molecule has 3 heterocycles. The van der Waals surface area contributed by atoms with Crippen LogP contribution < -0.4 is 9.80 Å². The molecule has 1 aliphatic rings. The Labute approximate surface area is 135 Å². The van der Waals surface area contributed by atoms with Crippen molar-refractivity contribution in [1.82, 2.24) is 24.6 Å². The van der Waals surface area contributed by atoms with Crippen LogP contribution in [-0.2, 0) is 7.05 Å². The van der Waals surface area contributed by atoms with E-state index in [0.29, 0.717) is 24.6 Å². The summed E-state index contributed by atoms with van der Waals surface area (Å²) in [6.45, 7) is 2.76. The minimum absolute atomic E-state index is 0.0284. The molecule has 0 aliphatic carbocycles. The molecule has 122 valence electrons. The highest BCUT2D eigenvalue weighted by Crippen LogP contribution is 2.16. The molecule has 0 N–H and O–H groups in total. The van der Waals surface area contributed by atoms with Crippen LogP contribution in [0.25, 0.3) is 0 Å². The molecule has 0 radical (unpaired) electrons. The molecule has 0 unspecified atom stereocenters. The number of rotatable bonds is 3.